The number of benzene rings is 2. The molecular weight excluding hydrogens is 400 g/mol. The number of Topliss-reactive ketones (excluding diaryl/α,β-unsaturated/α-hetero) is 1. The fourth-order valence-electron chi connectivity index (χ4n) is 4.05. The Balaban J connectivity index is 1.86. The van der Waals surface area contributed by atoms with Crippen molar-refractivity contribution in [1.29, 1.82) is 0 Å². The maximum absolute atomic E-state index is 13.4. The normalized spacial score (nSPS) is 18.9. The zero-order valence-electron chi connectivity index (χ0n) is 19.3. The van der Waals surface area contributed by atoms with E-state index in [4.69, 9.17) is 10.7 Å². The van der Waals surface area contributed by atoms with Gasteiger partial charge >= 0.3 is 0 Å². The number of likely N-dealkylation sites (N-methyl/N-ethyl adjacent to an activating group) is 1. The van der Waals surface area contributed by atoms with Crippen molar-refractivity contribution in [3.63, 3.8) is 0 Å². The van der Waals surface area contributed by atoms with Crippen LogP contribution in [0.5, 0.6) is 0 Å². The number of carbonyl (C=O) groups is 2. The number of ketones is 1. The highest BCUT2D eigenvalue weighted by Gasteiger charge is 2.36. The summed E-state index contributed by atoms with van der Waals surface area (Å²) in [5.41, 5.74) is 10.1. The number of amides is 1. The first-order valence-electron chi connectivity index (χ1n) is 11.5. The molecule has 3 atom stereocenters. The first-order chi connectivity index (χ1) is 15.4. The van der Waals surface area contributed by atoms with Crippen molar-refractivity contribution in [2.24, 2.45) is 10.7 Å². The highest BCUT2D eigenvalue weighted by molar-refractivity contribution is 6.17. The van der Waals surface area contributed by atoms with E-state index in [2.05, 4.69) is 12.2 Å². The Bertz CT molecular complexity index is 957. The van der Waals surface area contributed by atoms with Crippen molar-refractivity contribution in [3.8, 4) is 0 Å². The molecule has 2 aromatic rings. The lowest BCUT2D eigenvalue weighted by atomic mass is 10.00. The Hall–Kier alpha value is -2.99. The van der Waals surface area contributed by atoms with E-state index in [-0.39, 0.29) is 11.7 Å². The molecule has 32 heavy (non-hydrogen) atoms. The second kappa shape index (κ2) is 11.0. The molecule has 6 heteroatoms. The average Bonchev–Trinajstić information content (AvgIpc) is 2.92. The number of rotatable bonds is 9. The first-order valence-corrected chi connectivity index (χ1v) is 11.5. The SMILES string of the molecule is CCCCCCC(=O)NC(C)C(=O)C1N=C(c2ccccc2)c2ccccc2N(C)[C@@H]1N. The van der Waals surface area contributed by atoms with Gasteiger partial charge in [-0.2, -0.15) is 0 Å². The molecule has 0 fully saturated rings. The van der Waals surface area contributed by atoms with Crippen LogP contribution in [0.15, 0.2) is 59.6 Å². The highest BCUT2D eigenvalue weighted by atomic mass is 16.2. The van der Waals surface area contributed by atoms with E-state index in [1.54, 1.807) is 6.92 Å². The number of benzodiazepines with no additional fused rings is 1. The van der Waals surface area contributed by atoms with Crippen LogP contribution in [0.25, 0.3) is 0 Å². The summed E-state index contributed by atoms with van der Waals surface area (Å²) in [4.78, 5) is 32.5. The molecule has 3 rings (SSSR count). The van der Waals surface area contributed by atoms with Crippen LogP contribution in [-0.2, 0) is 9.59 Å². The molecule has 0 bridgehead atoms. The summed E-state index contributed by atoms with van der Waals surface area (Å²) < 4.78 is 0. The van der Waals surface area contributed by atoms with Gasteiger partial charge < -0.3 is 16.0 Å². The third-order valence-electron chi connectivity index (χ3n) is 5.98. The van der Waals surface area contributed by atoms with Gasteiger partial charge in [0.1, 0.15) is 12.2 Å². The van der Waals surface area contributed by atoms with Crippen LogP contribution in [0.4, 0.5) is 5.69 Å². The second-order valence-electron chi connectivity index (χ2n) is 8.41. The van der Waals surface area contributed by atoms with Crippen molar-refractivity contribution >= 4 is 23.1 Å². The van der Waals surface area contributed by atoms with Gasteiger partial charge in [0.05, 0.1) is 11.8 Å². The largest absolute Gasteiger partial charge is 0.356 e. The standard InChI is InChI=1S/C26H34N4O2/c1-4-5-6-10-17-22(31)28-18(2)25(32)24-26(27)30(3)21-16-12-11-15-20(21)23(29-24)19-13-8-7-9-14-19/h7-9,11-16,18,24,26H,4-6,10,17,27H2,1-3H3,(H,28,31)/t18?,24?,26-/m0/s1. The van der Waals surface area contributed by atoms with E-state index in [1.807, 2.05) is 66.5 Å². The molecule has 170 valence electrons. The van der Waals surface area contributed by atoms with Crippen LogP contribution in [-0.4, -0.2) is 42.7 Å². The molecule has 6 nitrogen and oxygen atoms in total. The van der Waals surface area contributed by atoms with E-state index in [9.17, 15) is 9.59 Å². The summed E-state index contributed by atoms with van der Waals surface area (Å²) >= 11 is 0. The number of fused-ring (bicyclic) bond motifs is 1. The quantitative estimate of drug-likeness (QED) is 0.590. The van der Waals surface area contributed by atoms with Gasteiger partial charge in [0, 0.05) is 30.3 Å². The van der Waals surface area contributed by atoms with Gasteiger partial charge in [-0.25, -0.2) is 0 Å². The number of carbonyl (C=O) groups excluding carboxylic acids is 2. The smallest absolute Gasteiger partial charge is 0.220 e. The van der Waals surface area contributed by atoms with Gasteiger partial charge in [0.25, 0.3) is 0 Å². The van der Waals surface area contributed by atoms with Crippen molar-refractivity contribution in [2.75, 3.05) is 11.9 Å². The van der Waals surface area contributed by atoms with E-state index >= 15 is 0 Å². The minimum atomic E-state index is -0.807. The molecule has 0 aromatic heterocycles. The maximum atomic E-state index is 13.4. The van der Waals surface area contributed by atoms with E-state index in [0.717, 1.165) is 48.2 Å². The van der Waals surface area contributed by atoms with Gasteiger partial charge in [-0.3, -0.25) is 14.6 Å². The number of aliphatic imine (C=N–C) groups is 1. The van der Waals surface area contributed by atoms with Gasteiger partial charge in [-0.1, -0.05) is 74.7 Å². The van der Waals surface area contributed by atoms with Crippen LogP contribution in [0.3, 0.4) is 0 Å². The van der Waals surface area contributed by atoms with Crippen molar-refractivity contribution < 1.29 is 9.59 Å². The molecule has 0 saturated heterocycles. The van der Waals surface area contributed by atoms with Crippen LogP contribution in [0.1, 0.15) is 57.1 Å². The molecule has 0 saturated carbocycles. The Morgan fingerprint density at radius 1 is 1.06 bits per heavy atom. The lowest BCUT2D eigenvalue weighted by Gasteiger charge is -2.30. The molecule has 2 aromatic carbocycles. The number of para-hydroxylation sites is 1. The van der Waals surface area contributed by atoms with E-state index < -0.39 is 18.2 Å². The molecule has 1 heterocycles. The molecular formula is C26H34N4O2. The molecule has 0 aliphatic carbocycles. The molecule has 1 aliphatic rings. The third kappa shape index (κ3) is 5.43. The van der Waals surface area contributed by atoms with Crippen molar-refractivity contribution in [2.45, 2.75) is 64.2 Å². The number of nitrogens with zero attached hydrogens (tertiary/aromatic N) is 2. The van der Waals surface area contributed by atoms with E-state index in [0.29, 0.717) is 6.42 Å². The zero-order chi connectivity index (χ0) is 23.1. The number of unbranched alkanes of at least 4 members (excludes halogenated alkanes) is 3. The molecule has 1 amide bonds. The lowest BCUT2D eigenvalue weighted by Crippen LogP contribution is -2.54. The number of nitrogens with one attached hydrogen (secondary N) is 1. The minimum absolute atomic E-state index is 0.104. The van der Waals surface area contributed by atoms with Crippen LogP contribution in [0.2, 0.25) is 0 Å². The number of anilines is 1. The Morgan fingerprint density at radius 2 is 1.75 bits per heavy atom. The van der Waals surface area contributed by atoms with Gasteiger partial charge in [0.15, 0.2) is 5.78 Å². The predicted octanol–water partition coefficient (Wildman–Crippen LogP) is 3.67. The number of hydrogen-bond acceptors (Lipinski definition) is 5. The summed E-state index contributed by atoms with van der Waals surface area (Å²) in [6.45, 7) is 3.85. The second-order valence-corrected chi connectivity index (χ2v) is 8.41. The molecule has 3 N–H and O–H groups in total. The van der Waals surface area contributed by atoms with E-state index in [1.165, 1.54) is 0 Å². The summed E-state index contributed by atoms with van der Waals surface area (Å²) in [5.74, 6) is -0.291. The molecule has 0 radical (unpaired) electrons. The number of hydrogen-bond donors (Lipinski definition) is 2. The maximum Gasteiger partial charge on any atom is 0.220 e. The van der Waals surface area contributed by atoms with Gasteiger partial charge in [0.2, 0.25) is 5.91 Å². The molecule has 1 aliphatic heterocycles. The zero-order valence-corrected chi connectivity index (χ0v) is 19.3. The Morgan fingerprint density at radius 3 is 2.47 bits per heavy atom. The summed E-state index contributed by atoms with van der Waals surface area (Å²) in [7, 11) is 1.88. The highest BCUT2D eigenvalue weighted by Crippen LogP contribution is 2.29. The van der Waals surface area contributed by atoms with Crippen molar-refractivity contribution in [1.82, 2.24) is 5.32 Å². The van der Waals surface area contributed by atoms with Gasteiger partial charge in [-0.15, -0.1) is 0 Å². The van der Waals surface area contributed by atoms with Crippen molar-refractivity contribution in [3.05, 3.63) is 65.7 Å². The lowest BCUT2D eigenvalue weighted by molar-refractivity contribution is -0.128. The van der Waals surface area contributed by atoms with Gasteiger partial charge in [-0.05, 0) is 19.4 Å². The summed E-state index contributed by atoms with van der Waals surface area (Å²) in [6.07, 6.45) is 3.87. The Labute approximate surface area is 190 Å². The Kier molecular flexibility index (Phi) is 8.17. The fraction of sp³-hybridized carbons (Fsp3) is 0.423. The summed E-state index contributed by atoms with van der Waals surface area (Å²) in [6, 6.07) is 16.2. The van der Waals surface area contributed by atoms with Crippen LogP contribution < -0.4 is 16.0 Å². The monoisotopic (exact) mass is 434 g/mol. The topological polar surface area (TPSA) is 87.8 Å². The van der Waals surface area contributed by atoms with Crippen LogP contribution in [0, 0.1) is 0 Å². The predicted molar refractivity (Wildman–Crippen MR) is 130 cm³/mol. The number of nitrogens with two attached hydrogens (primary N) is 1. The minimum Gasteiger partial charge on any atom is -0.356 e. The molecule has 2 unspecified atom stereocenters. The summed E-state index contributed by atoms with van der Waals surface area (Å²) in [5, 5.41) is 2.85. The first kappa shape index (κ1) is 23.7. The fourth-order valence-corrected chi connectivity index (χ4v) is 4.05. The average molecular weight is 435 g/mol. The van der Waals surface area contributed by atoms with Crippen LogP contribution >= 0.6 is 0 Å². The molecule has 0 spiro atoms. The third-order valence-corrected chi connectivity index (χ3v) is 5.98.